The van der Waals surface area contributed by atoms with Crippen LogP contribution in [0.2, 0.25) is 0 Å². The van der Waals surface area contributed by atoms with E-state index in [1.165, 1.54) is 0 Å². The van der Waals surface area contributed by atoms with Crippen LogP contribution in [0.5, 0.6) is 5.75 Å². The number of fused-ring (bicyclic) bond motifs is 1. The lowest BCUT2D eigenvalue weighted by atomic mass is 9.96. The zero-order chi connectivity index (χ0) is 16.2. The van der Waals surface area contributed by atoms with Crippen LogP contribution in [-0.2, 0) is 24.8 Å². The van der Waals surface area contributed by atoms with Crippen LogP contribution in [0.4, 0.5) is 0 Å². The van der Waals surface area contributed by atoms with E-state index >= 15 is 0 Å². The third-order valence-corrected chi connectivity index (χ3v) is 4.95. The number of nitrogens with one attached hydrogen (secondary N) is 1. The smallest absolute Gasteiger partial charge is 0.223 e. The molecule has 1 amide bonds. The van der Waals surface area contributed by atoms with E-state index in [1.54, 1.807) is 11.8 Å². The molecule has 0 unspecified atom stereocenters. The van der Waals surface area contributed by atoms with E-state index in [9.17, 15) is 4.79 Å². The molecule has 23 heavy (non-hydrogen) atoms. The van der Waals surface area contributed by atoms with E-state index < -0.39 is 0 Å². The number of rotatable bonds is 4. The number of aromatic nitrogens is 2. The fourth-order valence-corrected chi connectivity index (χ4v) is 3.37. The Bertz CT molecular complexity index is 699. The van der Waals surface area contributed by atoms with Gasteiger partial charge in [0.25, 0.3) is 0 Å². The van der Waals surface area contributed by atoms with E-state index in [4.69, 9.17) is 4.74 Å². The minimum absolute atomic E-state index is 0.0492. The zero-order valence-corrected chi connectivity index (χ0v) is 14.2. The van der Waals surface area contributed by atoms with E-state index in [0.717, 1.165) is 35.0 Å². The van der Waals surface area contributed by atoms with Gasteiger partial charge in [-0.15, -0.1) is 0 Å². The van der Waals surface area contributed by atoms with Crippen LogP contribution >= 0.6 is 11.8 Å². The predicted molar refractivity (Wildman–Crippen MR) is 90.6 cm³/mol. The van der Waals surface area contributed by atoms with Crippen LogP contribution in [0.15, 0.2) is 35.6 Å². The van der Waals surface area contributed by atoms with Gasteiger partial charge in [0.05, 0.1) is 25.0 Å². The zero-order valence-electron chi connectivity index (χ0n) is 13.4. The average molecular weight is 331 g/mol. The van der Waals surface area contributed by atoms with Crippen LogP contribution in [0, 0.1) is 5.92 Å². The highest BCUT2D eigenvalue weighted by Gasteiger charge is 2.23. The van der Waals surface area contributed by atoms with E-state index in [0.29, 0.717) is 13.2 Å². The maximum Gasteiger partial charge on any atom is 0.223 e. The van der Waals surface area contributed by atoms with Gasteiger partial charge in [0.1, 0.15) is 5.75 Å². The molecule has 1 aromatic carbocycles. The Balaban J connectivity index is 1.63. The van der Waals surface area contributed by atoms with Gasteiger partial charge in [-0.1, -0.05) is 30.0 Å². The van der Waals surface area contributed by atoms with Crippen molar-refractivity contribution in [1.29, 1.82) is 0 Å². The number of carbonyl (C=O) groups excluding carboxylic acids is 1. The number of thioether (sulfide) groups is 1. The summed E-state index contributed by atoms with van der Waals surface area (Å²) in [5.41, 5.74) is 2.11. The minimum Gasteiger partial charge on any atom is -0.493 e. The second-order valence-corrected chi connectivity index (χ2v) is 6.43. The molecule has 0 saturated heterocycles. The van der Waals surface area contributed by atoms with Gasteiger partial charge >= 0.3 is 0 Å². The molecule has 3 rings (SSSR count). The second-order valence-electron chi connectivity index (χ2n) is 5.66. The van der Waals surface area contributed by atoms with Gasteiger partial charge in [-0.25, -0.2) is 4.98 Å². The normalized spacial score (nSPS) is 17.0. The van der Waals surface area contributed by atoms with Crippen molar-refractivity contribution in [1.82, 2.24) is 14.9 Å². The molecule has 122 valence electrons. The third kappa shape index (κ3) is 3.52. The first-order valence-corrected chi connectivity index (χ1v) is 8.94. The molecular formula is C17H21N3O2S. The molecule has 1 aliphatic heterocycles. The number of nitrogens with zero attached hydrogens (tertiary/aromatic N) is 2. The molecule has 0 saturated carbocycles. The quantitative estimate of drug-likeness (QED) is 0.874. The number of imidazole rings is 1. The molecule has 0 radical (unpaired) electrons. The highest BCUT2D eigenvalue weighted by atomic mass is 32.2. The number of para-hydroxylation sites is 1. The Hall–Kier alpha value is -1.95. The number of ether oxygens (including phenoxy) is 1. The lowest BCUT2D eigenvalue weighted by molar-refractivity contribution is -0.125. The average Bonchev–Trinajstić information content (AvgIpc) is 2.79. The van der Waals surface area contributed by atoms with Crippen LogP contribution < -0.4 is 10.1 Å². The van der Waals surface area contributed by atoms with Gasteiger partial charge in [-0.2, -0.15) is 0 Å². The SMILES string of the molecule is CSc1ncc(CNC(=O)[C@@H]2CCOc3ccccc3C2)n1C. The predicted octanol–water partition coefficient (Wildman–Crippen LogP) is 2.40. The standard InChI is InChI=1S/C17H21N3O2S/c1-20-14(11-19-17(20)23-2)10-18-16(21)13-7-8-22-15-6-4-3-5-12(15)9-13/h3-6,11,13H,7-10H2,1-2H3,(H,18,21)/t13-/m1/s1. The maximum atomic E-state index is 12.5. The molecule has 0 aliphatic carbocycles. The Morgan fingerprint density at radius 3 is 3.09 bits per heavy atom. The lowest BCUT2D eigenvalue weighted by Crippen LogP contribution is -2.32. The molecule has 1 atom stereocenters. The number of benzene rings is 1. The first-order valence-electron chi connectivity index (χ1n) is 7.72. The highest BCUT2D eigenvalue weighted by Crippen LogP contribution is 2.26. The summed E-state index contributed by atoms with van der Waals surface area (Å²) in [5.74, 6) is 0.933. The topological polar surface area (TPSA) is 56.1 Å². The monoisotopic (exact) mass is 331 g/mol. The summed E-state index contributed by atoms with van der Waals surface area (Å²) in [4.78, 5) is 16.8. The molecule has 1 aliphatic rings. The second kappa shape index (κ2) is 7.08. The molecule has 1 aromatic heterocycles. The van der Waals surface area contributed by atoms with Crippen LogP contribution in [0.1, 0.15) is 17.7 Å². The Morgan fingerprint density at radius 2 is 2.30 bits per heavy atom. The molecule has 1 N–H and O–H groups in total. The van der Waals surface area contributed by atoms with E-state index in [1.807, 2.05) is 48.3 Å². The minimum atomic E-state index is -0.0492. The first-order chi connectivity index (χ1) is 11.2. The molecule has 2 aromatic rings. The maximum absolute atomic E-state index is 12.5. The Morgan fingerprint density at radius 1 is 1.48 bits per heavy atom. The van der Waals surface area contributed by atoms with Crippen LogP contribution in [0.25, 0.3) is 0 Å². The number of amides is 1. The van der Waals surface area contributed by atoms with Gasteiger partial charge < -0.3 is 14.6 Å². The fourth-order valence-electron chi connectivity index (χ4n) is 2.82. The summed E-state index contributed by atoms with van der Waals surface area (Å²) >= 11 is 1.60. The number of carbonyl (C=O) groups is 1. The van der Waals surface area contributed by atoms with Gasteiger partial charge in [-0.3, -0.25) is 4.79 Å². The van der Waals surface area contributed by atoms with Crippen molar-refractivity contribution >= 4 is 17.7 Å². The highest BCUT2D eigenvalue weighted by molar-refractivity contribution is 7.98. The first kappa shape index (κ1) is 15.9. The number of hydrogen-bond donors (Lipinski definition) is 1. The van der Waals surface area contributed by atoms with Crippen molar-refractivity contribution in [2.75, 3.05) is 12.9 Å². The molecule has 0 fully saturated rings. The van der Waals surface area contributed by atoms with Crippen molar-refractivity contribution in [3.05, 3.63) is 41.7 Å². The van der Waals surface area contributed by atoms with Gasteiger partial charge in [-0.05, 0) is 30.7 Å². The Labute approximate surface area is 140 Å². The molecule has 5 nitrogen and oxygen atoms in total. The summed E-state index contributed by atoms with van der Waals surface area (Å²) in [6.07, 6.45) is 5.27. The molecule has 0 bridgehead atoms. The van der Waals surface area contributed by atoms with Crippen LogP contribution in [-0.4, -0.2) is 28.3 Å². The summed E-state index contributed by atoms with van der Waals surface area (Å²) in [7, 11) is 1.97. The van der Waals surface area contributed by atoms with Gasteiger partial charge in [0.2, 0.25) is 5.91 Å². The lowest BCUT2D eigenvalue weighted by Gasteiger charge is -2.14. The summed E-state index contributed by atoms with van der Waals surface area (Å²) in [6.45, 7) is 1.08. The van der Waals surface area contributed by atoms with Crippen molar-refractivity contribution < 1.29 is 9.53 Å². The summed E-state index contributed by atoms with van der Waals surface area (Å²) in [5, 5.41) is 3.99. The molecule has 6 heteroatoms. The van der Waals surface area contributed by atoms with E-state index in [-0.39, 0.29) is 11.8 Å². The molecule has 0 spiro atoms. The van der Waals surface area contributed by atoms with Crippen molar-refractivity contribution in [2.45, 2.75) is 24.5 Å². The van der Waals surface area contributed by atoms with Crippen molar-refractivity contribution in [2.24, 2.45) is 13.0 Å². The van der Waals surface area contributed by atoms with Crippen LogP contribution in [0.3, 0.4) is 0 Å². The van der Waals surface area contributed by atoms with Gasteiger partial charge in [0.15, 0.2) is 5.16 Å². The largest absolute Gasteiger partial charge is 0.493 e. The Kier molecular flexibility index (Phi) is 4.91. The van der Waals surface area contributed by atoms with E-state index in [2.05, 4.69) is 10.3 Å². The van der Waals surface area contributed by atoms with Crippen molar-refractivity contribution in [3.8, 4) is 5.75 Å². The molecule has 2 heterocycles. The van der Waals surface area contributed by atoms with Crippen molar-refractivity contribution in [3.63, 3.8) is 0 Å². The number of hydrogen-bond acceptors (Lipinski definition) is 4. The third-order valence-electron chi connectivity index (χ3n) is 4.20. The fraction of sp³-hybridized carbons (Fsp3) is 0.412. The summed E-state index contributed by atoms with van der Waals surface area (Å²) < 4.78 is 7.74. The summed E-state index contributed by atoms with van der Waals surface area (Å²) in [6, 6.07) is 7.95. The van der Waals surface area contributed by atoms with Gasteiger partial charge in [0, 0.05) is 13.0 Å². The molecular weight excluding hydrogens is 310 g/mol.